The molecule has 1 aromatic rings. The van der Waals surface area contributed by atoms with Crippen LogP contribution in [0.4, 0.5) is 13.2 Å². The number of aliphatic hydroxyl groups is 3. The van der Waals surface area contributed by atoms with E-state index in [1.165, 1.54) is 6.08 Å². The molecule has 1 aromatic heterocycles. The molecule has 1 saturated heterocycles. The number of carbonyl (C=O) groups is 1. The highest BCUT2D eigenvalue weighted by Crippen LogP contribution is 2.29. The van der Waals surface area contributed by atoms with Gasteiger partial charge in [-0.3, -0.25) is 19.1 Å². The summed E-state index contributed by atoms with van der Waals surface area (Å²) in [6.45, 7) is 1.61. The van der Waals surface area contributed by atoms with Gasteiger partial charge in [-0.15, -0.1) is 0 Å². The average Bonchev–Trinajstić information content (AvgIpc) is 2.93. The second kappa shape index (κ2) is 9.39. The lowest BCUT2D eigenvalue weighted by Crippen LogP contribution is -2.42. The number of aromatic nitrogens is 2. The van der Waals surface area contributed by atoms with Gasteiger partial charge in [0, 0.05) is 12.7 Å². The molecule has 1 fully saturated rings. The van der Waals surface area contributed by atoms with Crippen LogP contribution in [0.5, 0.6) is 0 Å². The van der Waals surface area contributed by atoms with E-state index in [1.807, 2.05) is 0 Å². The smallest absolute Gasteiger partial charge is 0.394 e. The largest absolute Gasteiger partial charge is 0.471 e. The molecule has 2 rings (SSSR count). The van der Waals surface area contributed by atoms with Crippen LogP contribution in [0.25, 0.3) is 0 Å². The molecule has 9 nitrogen and oxygen atoms in total. The maximum absolute atomic E-state index is 13.0. The zero-order chi connectivity index (χ0) is 22.8. The fraction of sp³-hybridized carbons (Fsp3) is 0.588. The number of nitrogens with zero attached hydrogens (tertiary/aromatic N) is 2. The molecule has 4 atom stereocenters. The molecule has 1 amide bonds. The monoisotopic (exact) mass is 453 g/mol. The molecule has 0 spiro atoms. The molecule has 4 N–H and O–H groups in total. The van der Waals surface area contributed by atoms with Crippen molar-refractivity contribution in [3.05, 3.63) is 38.5 Å². The van der Waals surface area contributed by atoms with E-state index < -0.39 is 55.3 Å². The van der Waals surface area contributed by atoms with Crippen LogP contribution in [-0.2, 0) is 16.1 Å². The first-order valence-corrected chi connectivity index (χ1v) is 9.24. The summed E-state index contributed by atoms with van der Waals surface area (Å²) in [6, 6.07) is 0. The standard InChI is InChI=1S/C17H22F3N3O6S/c1-8(2)3-4-22(15(28)17(18,19)20)5-9-6-23(16(30)21-13(9)27)14-12(26)11(25)10(7-24)29-14/h3,6,10-12,14,24-26H,4-5,7H2,1-2H3,(H,21,27,30). The Kier molecular flexibility index (Phi) is 7.58. The predicted molar refractivity (Wildman–Crippen MR) is 99.8 cm³/mol. The number of carbonyl (C=O) groups excluding carboxylic acids is 1. The molecule has 168 valence electrons. The second-order valence-corrected chi connectivity index (χ2v) is 7.40. The summed E-state index contributed by atoms with van der Waals surface area (Å²) in [6.07, 6.45) is -8.07. The van der Waals surface area contributed by atoms with Crippen molar-refractivity contribution in [3.8, 4) is 0 Å². The predicted octanol–water partition coefficient (Wildman–Crippen LogP) is 0.374. The number of aromatic amines is 1. The summed E-state index contributed by atoms with van der Waals surface area (Å²) in [5.41, 5.74) is -0.396. The van der Waals surface area contributed by atoms with Gasteiger partial charge in [0.2, 0.25) is 0 Å². The van der Waals surface area contributed by atoms with Gasteiger partial charge in [-0.2, -0.15) is 13.2 Å². The Balaban J connectivity index is 2.42. The van der Waals surface area contributed by atoms with Crippen molar-refractivity contribution < 1.29 is 38.0 Å². The van der Waals surface area contributed by atoms with E-state index in [2.05, 4.69) is 4.98 Å². The van der Waals surface area contributed by atoms with E-state index in [9.17, 15) is 38.1 Å². The molecule has 0 saturated carbocycles. The number of hydrogen-bond donors (Lipinski definition) is 4. The third kappa shape index (κ3) is 5.35. The van der Waals surface area contributed by atoms with Gasteiger partial charge >= 0.3 is 12.1 Å². The third-order valence-electron chi connectivity index (χ3n) is 4.44. The minimum Gasteiger partial charge on any atom is -0.394 e. The van der Waals surface area contributed by atoms with Gasteiger partial charge in [-0.1, -0.05) is 11.6 Å². The van der Waals surface area contributed by atoms with Crippen LogP contribution in [0, 0.1) is 4.77 Å². The van der Waals surface area contributed by atoms with Crippen molar-refractivity contribution in [3.63, 3.8) is 0 Å². The first-order chi connectivity index (χ1) is 13.9. The summed E-state index contributed by atoms with van der Waals surface area (Å²) in [4.78, 5) is 26.7. The SMILES string of the molecule is CC(C)=CCN(Cc1cn(C2OC(CO)C(O)C2O)c(=S)[nH]c1=O)C(=O)C(F)(F)F. The molecule has 4 unspecified atom stereocenters. The summed E-state index contributed by atoms with van der Waals surface area (Å²) >= 11 is 5.01. The van der Waals surface area contributed by atoms with Crippen LogP contribution >= 0.6 is 12.2 Å². The van der Waals surface area contributed by atoms with Gasteiger partial charge in [0.15, 0.2) is 11.0 Å². The second-order valence-electron chi connectivity index (χ2n) is 7.01. The lowest BCUT2D eigenvalue weighted by Gasteiger charge is -2.24. The maximum atomic E-state index is 13.0. The minimum atomic E-state index is -5.14. The van der Waals surface area contributed by atoms with Gasteiger partial charge in [0.25, 0.3) is 5.56 Å². The highest BCUT2D eigenvalue weighted by molar-refractivity contribution is 7.71. The van der Waals surface area contributed by atoms with Crippen molar-refractivity contribution in [1.82, 2.24) is 14.5 Å². The molecule has 30 heavy (non-hydrogen) atoms. The normalized spacial score (nSPS) is 24.0. The number of allylic oxidation sites excluding steroid dienone is 1. The van der Waals surface area contributed by atoms with E-state index in [-0.39, 0.29) is 16.9 Å². The van der Waals surface area contributed by atoms with Crippen LogP contribution in [0.1, 0.15) is 25.6 Å². The zero-order valence-corrected chi connectivity index (χ0v) is 16.9. The number of alkyl halides is 3. The lowest BCUT2D eigenvalue weighted by atomic mass is 10.1. The van der Waals surface area contributed by atoms with Gasteiger partial charge < -0.3 is 25.0 Å². The number of nitrogens with one attached hydrogen (secondary N) is 1. The van der Waals surface area contributed by atoms with Gasteiger partial charge in [-0.05, 0) is 26.1 Å². The van der Waals surface area contributed by atoms with Crippen molar-refractivity contribution in [2.45, 2.75) is 51.1 Å². The number of halogens is 3. The molecule has 0 aromatic carbocycles. The first-order valence-electron chi connectivity index (χ1n) is 8.83. The van der Waals surface area contributed by atoms with Gasteiger partial charge in [-0.25, -0.2) is 0 Å². The molecular weight excluding hydrogens is 431 g/mol. The van der Waals surface area contributed by atoms with Gasteiger partial charge in [0.05, 0.1) is 18.7 Å². The highest BCUT2D eigenvalue weighted by atomic mass is 32.1. The summed E-state index contributed by atoms with van der Waals surface area (Å²) in [5, 5.41) is 29.2. The van der Waals surface area contributed by atoms with E-state index in [0.29, 0.717) is 10.5 Å². The average molecular weight is 453 g/mol. The summed E-state index contributed by atoms with van der Waals surface area (Å²) in [5.74, 6) is -2.12. The highest BCUT2D eigenvalue weighted by Gasteiger charge is 2.44. The molecule has 1 aliphatic heterocycles. The van der Waals surface area contributed by atoms with Crippen molar-refractivity contribution in [1.29, 1.82) is 0 Å². The topological polar surface area (TPSA) is 128 Å². The molecule has 0 aliphatic carbocycles. The number of hydrogen-bond acceptors (Lipinski definition) is 7. The molecule has 1 aliphatic rings. The number of ether oxygens (including phenoxy) is 1. The number of aliphatic hydroxyl groups excluding tert-OH is 3. The van der Waals surface area contributed by atoms with Crippen molar-refractivity contribution in [2.75, 3.05) is 13.2 Å². The van der Waals surface area contributed by atoms with E-state index in [4.69, 9.17) is 17.0 Å². The van der Waals surface area contributed by atoms with E-state index in [0.717, 1.165) is 10.8 Å². The Morgan fingerprint density at radius 3 is 2.50 bits per heavy atom. The maximum Gasteiger partial charge on any atom is 0.471 e. The first kappa shape index (κ1) is 24.2. The summed E-state index contributed by atoms with van der Waals surface area (Å²) < 4.78 is 45.1. The molecule has 0 bridgehead atoms. The zero-order valence-electron chi connectivity index (χ0n) is 16.1. The molecule has 13 heteroatoms. The van der Waals surface area contributed by atoms with E-state index >= 15 is 0 Å². The van der Waals surface area contributed by atoms with Crippen LogP contribution in [0.2, 0.25) is 0 Å². The molecular formula is C17H22F3N3O6S. The van der Waals surface area contributed by atoms with Gasteiger partial charge in [0.1, 0.15) is 18.3 Å². The Morgan fingerprint density at radius 2 is 2.00 bits per heavy atom. The van der Waals surface area contributed by atoms with Crippen LogP contribution in [0.3, 0.4) is 0 Å². The third-order valence-corrected chi connectivity index (χ3v) is 4.76. The fourth-order valence-corrected chi connectivity index (χ4v) is 3.08. The Hall–Kier alpha value is -2.06. The summed E-state index contributed by atoms with van der Waals surface area (Å²) in [7, 11) is 0. The molecule has 2 heterocycles. The molecule has 0 radical (unpaired) electrons. The van der Waals surface area contributed by atoms with Crippen LogP contribution in [0.15, 0.2) is 22.6 Å². The van der Waals surface area contributed by atoms with Crippen molar-refractivity contribution in [2.24, 2.45) is 0 Å². The Morgan fingerprint density at radius 1 is 1.37 bits per heavy atom. The minimum absolute atomic E-state index is 0.225. The lowest BCUT2D eigenvalue weighted by molar-refractivity contribution is -0.185. The quantitative estimate of drug-likeness (QED) is 0.362. The number of H-pyrrole nitrogens is 1. The van der Waals surface area contributed by atoms with Crippen LogP contribution in [-0.4, -0.2) is 73.3 Å². The van der Waals surface area contributed by atoms with Crippen LogP contribution < -0.4 is 5.56 Å². The number of amides is 1. The number of rotatable bonds is 6. The Bertz CT molecular complexity index is 925. The Labute approximate surface area is 174 Å². The van der Waals surface area contributed by atoms with Crippen molar-refractivity contribution >= 4 is 18.1 Å². The fourth-order valence-electron chi connectivity index (χ4n) is 2.84. The van der Waals surface area contributed by atoms with E-state index in [1.54, 1.807) is 13.8 Å².